The lowest BCUT2D eigenvalue weighted by Gasteiger charge is -2.23. The van der Waals surface area contributed by atoms with Crippen LogP contribution in [0, 0.1) is 5.41 Å². The number of carbonyl (C=O) groups excluding carboxylic acids is 1. The number of aromatic nitrogens is 1. The molecule has 0 saturated heterocycles. The van der Waals surface area contributed by atoms with E-state index in [1.807, 2.05) is 0 Å². The Bertz CT molecular complexity index is 574. The Balaban J connectivity index is 1.99. The standard InChI is InChI=1S/C12H17ClN2O3S/c1-12(4-2-3-5-12)8-15-11(16)10-6-9(7-14-10)19(13,17)18/h6-7,14H,2-5,8H2,1H3,(H,15,16). The van der Waals surface area contributed by atoms with E-state index in [0.29, 0.717) is 6.54 Å². The highest BCUT2D eigenvalue weighted by Crippen LogP contribution is 2.36. The zero-order valence-electron chi connectivity index (χ0n) is 10.7. The lowest BCUT2D eigenvalue weighted by Crippen LogP contribution is -2.34. The van der Waals surface area contributed by atoms with Gasteiger partial charge in [0.15, 0.2) is 0 Å². The van der Waals surface area contributed by atoms with E-state index in [1.54, 1.807) is 0 Å². The van der Waals surface area contributed by atoms with Crippen LogP contribution in [-0.2, 0) is 9.05 Å². The number of rotatable bonds is 4. The van der Waals surface area contributed by atoms with Gasteiger partial charge in [-0.05, 0) is 24.3 Å². The van der Waals surface area contributed by atoms with Crippen molar-refractivity contribution in [2.45, 2.75) is 37.5 Å². The summed E-state index contributed by atoms with van der Waals surface area (Å²) in [5, 5.41) is 2.84. The predicted octanol–water partition coefficient (Wildman–Crippen LogP) is 2.25. The normalized spacial score (nSPS) is 18.4. The van der Waals surface area contributed by atoms with E-state index in [4.69, 9.17) is 10.7 Å². The van der Waals surface area contributed by atoms with Crippen molar-refractivity contribution >= 4 is 25.6 Å². The van der Waals surface area contributed by atoms with E-state index in [1.165, 1.54) is 25.1 Å². The Kier molecular flexibility index (Phi) is 3.92. The van der Waals surface area contributed by atoms with Gasteiger partial charge in [0, 0.05) is 23.4 Å². The van der Waals surface area contributed by atoms with Gasteiger partial charge in [-0.1, -0.05) is 19.8 Å². The van der Waals surface area contributed by atoms with Crippen LogP contribution in [0.4, 0.5) is 0 Å². The molecule has 2 N–H and O–H groups in total. The lowest BCUT2D eigenvalue weighted by molar-refractivity contribution is 0.0930. The van der Waals surface area contributed by atoms with Crippen molar-refractivity contribution in [3.05, 3.63) is 18.0 Å². The van der Waals surface area contributed by atoms with E-state index >= 15 is 0 Å². The van der Waals surface area contributed by atoms with Gasteiger partial charge in [0.25, 0.3) is 15.0 Å². The van der Waals surface area contributed by atoms with Crippen molar-refractivity contribution in [2.24, 2.45) is 5.41 Å². The molecule has 1 saturated carbocycles. The number of hydrogen-bond acceptors (Lipinski definition) is 3. The molecule has 2 rings (SSSR count). The second-order valence-electron chi connectivity index (χ2n) is 5.39. The van der Waals surface area contributed by atoms with Crippen molar-refractivity contribution in [1.82, 2.24) is 10.3 Å². The number of hydrogen-bond donors (Lipinski definition) is 2. The number of aromatic amines is 1. The Morgan fingerprint density at radius 3 is 2.63 bits per heavy atom. The van der Waals surface area contributed by atoms with Crippen LogP contribution in [-0.4, -0.2) is 25.9 Å². The Morgan fingerprint density at radius 2 is 2.11 bits per heavy atom. The first-order valence-electron chi connectivity index (χ1n) is 6.21. The molecule has 1 fully saturated rings. The van der Waals surface area contributed by atoms with Gasteiger partial charge >= 0.3 is 0 Å². The molecule has 0 spiro atoms. The molecular formula is C12H17ClN2O3S. The maximum absolute atomic E-state index is 11.9. The van der Waals surface area contributed by atoms with Crippen molar-refractivity contribution in [3.8, 4) is 0 Å². The summed E-state index contributed by atoms with van der Waals surface area (Å²) in [7, 11) is 1.40. The molecule has 1 heterocycles. The molecule has 106 valence electrons. The molecule has 1 aliphatic carbocycles. The summed E-state index contributed by atoms with van der Waals surface area (Å²) in [6, 6.07) is 1.24. The quantitative estimate of drug-likeness (QED) is 0.837. The predicted molar refractivity (Wildman–Crippen MR) is 72.7 cm³/mol. The van der Waals surface area contributed by atoms with Gasteiger partial charge < -0.3 is 10.3 Å². The highest BCUT2D eigenvalue weighted by molar-refractivity contribution is 8.13. The van der Waals surface area contributed by atoms with Gasteiger partial charge in [-0.3, -0.25) is 4.79 Å². The molecule has 5 nitrogen and oxygen atoms in total. The maximum atomic E-state index is 11.9. The van der Waals surface area contributed by atoms with E-state index in [-0.39, 0.29) is 21.9 Å². The van der Waals surface area contributed by atoms with Crippen molar-refractivity contribution in [3.63, 3.8) is 0 Å². The monoisotopic (exact) mass is 304 g/mol. The highest BCUT2D eigenvalue weighted by Gasteiger charge is 2.29. The summed E-state index contributed by atoms with van der Waals surface area (Å²) in [5.74, 6) is -0.306. The van der Waals surface area contributed by atoms with Gasteiger partial charge in [0.2, 0.25) is 0 Å². The molecular weight excluding hydrogens is 288 g/mol. The minimum atomic E-state index is -3.80. The zero-order chi connectivity index (χ0) is 14.1. The van der Waals surface area contributed by atoms with Gasteiger partial charge in [0.05, 0.1) is 0 Å². The second-order valence-corrected chi connectivity index (χ2v) is 7.95. The van der Waals surface area contributed by atoms with Crippen LogP contribution in [0.1, 0.15) is 43.1 Å². The largest absolute Gasteiger partial charge is 0.356 e. The molecule has 1 amide bonds. The summed E-state index contributed by atoms with van der Waals surface area (Å²) in [6.45, 7) is 2.76. The van der Waals surface area contributed by atoms with Crippen LogP contribution in [0.25, 0.3) is 0 Å². The summed E-state index contributed by atoms with van der Waals surface area (Å²) in [6.07, 6.45) is 5.83. The first-order chi connectivity index (χ1) is 8.80. The van der Waals surface area contributed by atoms with Crippen LogP contribution in [0.15, 0.2) is 17.2 Å². The van der Waals surface area contributed by atoms with E-state index in [0.717, 1.165) is 12.8 Å². The van der Waals surface area contributed by atoms with Gasteiger partial charge in [0.1, 0.15) is 10.6 Å². The number of amides is 1. The van der Waals surface area contributed by atoms with Gasteiger partial charge in [-0.25, -0.2) is 8.42 Å². The summed E-state index contributed by atoms with van der Waals surface area (Å²) in [4.78, 5) is 14.4. The van der Waals surface area contributed by atoms with E-state index in [9.17, 15) is 13.2 Å². The van der Waals surface area contributed by atoms with Crippen molar-refractivity contribution < 1.29 is 13.2 Å². The number of carbonyl (C=O) groups is 1. The zero-order valence-corrected chi connectivity index (χ0v) is 12.3. The molecule has 0 radical (unpaired) electrons. The maximum Gasteiger partial charge on any atom is 0.267 e. The fourth-order valence-corrected chi connectivity index (χ4v) is 3.17. The van der Waals surface area contributed by atoms with Gasteiger partial charge in [-0.15, -0.1) is 0 Å². The van der Waals surface area contributed by atoms with Crippen LogP contribution >= 0.6 is 10.7 Å². The molecule has 0 aliphatic heterocycles. The molecule has 0 bridgehead atoms. The molecule has 1 aromatic rings. The SMILES string of the molecule is CC1(CNC(=O)c2cc(S(=O)(=O)Cl)c[nH]2)CCCC1. The van der Waals surface area contributed by atoms with E-state index < -0.39 is 9.05 Å². The fourth-order valence-electron chi connectivity index (χ4n) is 2.44. The minimum Gasteiger partial charge on any atom is -0.356 e. The minimum absolute atomic E-state index is 0.0913. The first-order valence-corrected chi connectivity index (χ1v) is 8.52. The highest BCUT2D eigenvalue weighted by atomic mass is 35.7. The van der Waals surface area contributed by atoms with Crippen LogP contribution in [0.5, 0.6) is 0 Å². The van der Waals surface area contributed by atoms with Crippen LogP contribution < -0.4 is 5.32 Å². The molecule has 1 aliphatic rings. The van der Waals surface area contributed by atoms with Crippen LogP contribution in [0.3, 0.4) is 0 Å². The summed E-state index contributed by atoms with van der Waals surface area (Å²) < 4.78 is 22.2. The molecule has 0 aromatic carbocycles. The molecule has 7 heteroatoms. The number of halogens is 1. The third kappa shape index (κ3) is 3.51. The second kappa shape index (κ2) is 5.17. The average Bonchev–Trinajstić information content (AvgIpc) is 2.94. The number of H-pyrrole nitrogens is 1. The van der Waals surface area contributed by atoms with Crippen molar-refractivity contribution in [2.75, 3.05) is 6.54 Å². The average molecular weight is 305 g/mol. The van der Waals surface area contributed by atoms with Crippen molar-refractivity contribution in [1.29, 1.82) is 0 Å². The summed E-state index contributed by atoms with van der Waals surface area (Å²) in [5.41, 5.74) is 0.365. The Labute approximate surface area is 117 Å². The van der Waals surface area contributed by atoms with Crippen LogP contribution in [0.2, 0.25) is 0 Å². The number of nitrogens with one attached hydrogen (secondary N) is 2. The Morgan fingerprint density at radius 1 is 1.47 bits per heavy atom. The van der Waals surface area contributed by atoms with E-state index in [2.05, 4.69) is 17.2 Å². The Hall–Kier alpha value is -1.01. The molecule has 1 aromatic heterocycles. The third-order valence-electron chi connectivity index (χ3n) is 3.67. The molecule has 19 heavy (non-hydrogen) atoms. The summed E-state index contributed by atoms with van der Waals surface area (Å²) >= 11 is 0. The third-order valence-corrected chi connectivity index (χ3v) is 5.00. The topological polar surface area (TPSA) is 79.0 Å². The lowest BCUT2D eigenvalue weighted by atomic mass is 9.89. The first kappa shape index (κ1) is 14.4. The smallest absolute Gasteiger partial charge is 0.267 e. The fraction of sp³-hybridized carbons (Fsp3) is 0.583. The van der Waals surface area contributed by atoms with Gasteiger partial charge in [-0.2, -0.15) is 0 Å². The molecule has 0 unspecified atom stereocenters. The molecule has 0 atom stereocenters.